The van der Waals surface area contributed by atoms with Crippen LogP contribution in [0.1, 0.15) is 19.4 Å². The Balaban J connectivity index is 2.94. The molecule has 0 amide bonds. The molecule has 0 aromatic heterocycles. The van der Waals surface area contributed by atoms with E-state index in [1.807, 2.05) is 6.07 Å². The van der Waals surface area contributed by atoms with E-state index in [1.165, 1.54) is 14.9 Å². The summed E-state index contributed by atoms with van der Waals surface area (Å²) in [5, 5.41) is 0. The van der Waals surface area contributed by atoms with Crippen LogP contribution in [0.3, 0.4) is 0 Å². The Bertz CT molecular complexity index is 296. The molecule has 0 nitrogen and oxygen atoms in total. The van der Waals surface area contributed by atoms with Gasteiger partial charge in [0.05, 0.1) is 0 Å². The van der Waals surface area contributed by atoms with Crippen LogP contribution in [0.15, 0.2) is 42.0 Å². The van der Waals surface area contributed by atoms with Crippen LogP contribution in [-0.2, 0) is 20.6 Å². The maximum absolute atomic E-state index is 2.15. The van der Waals surface area contributed by atoms with Crippen LogP contribution in [-0.4, -0.2) is 3.72 Å². The van der Waals surface area contributed by atoms with Crippen molar-refractivity contribution in [2.45, 2.75) is 13.8 Å². The summed E-state index contributed by atoms with van der Waals surface area (Å²) in [4.78, 5) is 0. The average molecular weight is 237 g/mol. The summed E-state index contributed by atoms with van der Waals surface area (Å²) in [6, 6.07) is 10.5. The minimum absolute atomic E-state index is 1.34. The molecule has 0 radical (unpaired) electrons. The Morgan fingerprint density at radius 2 is 1.83 bits per heavy atom. The topological polar surface area (TPSA) is 0 Å². The molecule has 1 rings (SSSR count). The van der Waals surface area contributed by atoms with Crippen molar-refractivity contribution in [3.63, 3.8) is 0 Å². The van der Waals surface area contributed by atoms with Crippen LogP contribution in [0.2, 0.25) is 0 Å². The Morgan fingerprint density at radius 1 is 1.25 bits per heavy atom. The zero-order valence-corrected chi connectivity index (χ0v) is 9.61. The van der Waals surface area contributed by atoms with Crippen molar-refractivity contribution in [3.05, 3.63) is 47.5 Å². The van der Waals surface area contributed by atoms with Crippen molar-refractivity contribution >= 4 is 3.72 Å². The third-order valence-electron chi connectivity index (χ3n) is 1.85. The Kier molecular flexibility index (Phi) is 3.67. The fourth-order valence-corrected chi connectivity index (χ4v) is 1.64. The molecule has 0 aliphatic rings. The van der Waals surface area contributed by atoms with Crippen LogP contribution in [0.25, 0.3) is 0 Å². The van der Waals surface area contributed by atoms with Gasteiger partial charge in [0.2, 0.25) is 0 Å². The van der Waals surface area contributed by atoms with Crippen molar-refractivity contribution in [1.82, 2.24) is 0 Å². The molecule has 1 heteroatoms. The molecule has 0 fully saturated rings. The van der Waals surface area contributed by atoms with E-state index >= 15 is 0 Å². The van der Waals surface area contributed by atoms with Crippen molar-refractivity contribution < 1.29 is 20.6 Å². The van der Waals surface area contributed by atoms with Crippen molar-refractivity contribution in [1.29, 1.82) is 0 Å². The van der Waals surface area contributed by atoms with Crippen LogP contribution < -0.4 is 0 Å². The fourth-order valence-electron chi connectivity index (χ4n) is 0.960. The third kappa shape index (κ3) is 2.28. The number of rotatable bonds is 2. The fraction of sp³-hybridized carbons (Fsp3) is 0.182. The molecule has 1 aromatic carbocycles. The van der Waals surface area contributed by atoms with Crippen LogP contribution in [0.4, 0.5) is 0 Å². The number of hydrogen-bond acceptors (Lipinski definition) is 0. The summed E-state index contributed by atoms with van der Waals surface area (Å²) in [7, 11) is 0. The van der Waals surface area contributed by atoms with E-state index in [2.05, 4.69) is 44.2 Å². The normalized spacial score (nSPS) is 11.2. The van der Waals surface area contributed by atoms with Gasteiger partial charge in [0, 0.05) is 0 Å². The minimum atomic E-state index is 1.34. The maximum atomic E-state index is 2.15. The molecule has 0 saturated heterocycles. The van der Waals surface area contributed by atoms with Crippen LogP contribution >= 0.6 is 0 Å². The van der Waals surface area contributed by atoms with Gasteiger partial charge in [-0.2, -0.15) is 0 Å². The first-order valence-electron chi connectivity index (χ1n) is 4.00. The monoisotopic (exact) mass is 237 g/mol. The van der Waals surface area contributed by atoms with Gasteiger partial charge < -0.3 is 0 Å². The van der Waals surface area contributed by atoms with Crippen molar-refractivity contribution in [3.8, 4) is 0 Å². The van der Waals surface area contributed by atoms with E-state index in [0.29, 0.717) is 0 Å². The standard InChI is InChI=1S/C11H12.Nb/c1-3-10(2)9-11-7-5-4-6-8-11;/h3-8H,1-2H3;/b10-3-;. The molecule has 1 aromatic rings. The van der Waals surface area contributed by atoms with E-state index in [1.54, 1.807) is 20.6 Å². The van der Waals surface area contributed by atoms with E-state index in [9.17, 15) is 0 Å². The summed E-state index contributed by atoms with van der Waals surface area (Å²) in [5.41, 5.74) is 2.71. The van der Waals surface area contributed by atoms with E-state index in [-0.39, 0.29) is 0 Å². The molecule has 61 valence electrons. The Morgan fingerprint density at radius 3 is 2.33 bits per heavy atom. The van der Waals surface area contributed by atoms with Crippen molar-refractivity contribution in [2.75, 3.05) is 0 Å². The molecular weight excluding hydrogens is 225 g/mol. The predicted octanol–water partition coefficient (Wildman–Crippen LogP) is 2.72. The summed E-state index contributed by atoms with van der Waals surface area (Å²) >= 11 is 1.78. The summed E-state index contributed by atoms with van der Waals surface area (Å²) in [6.45, 7) is 4.23. The quantitative estimate of drug-likeness (QED) is 0.694. The van der Waals surface area contributed by atoms with Gasteiger partial charge in [-0.15, -0.1) is 0 Å². The Labute approximate surface area is 85.7 Å². The van der Waals surface area contributed by atoms with Gasteiger partial charge in [-0.25, -0.2) is 0 Å². The number of benzene rings is 1. The Hall–Kier alpha value is -0.430. The van der Waals surface area contributed by atoms with E-state index < -0.39 is 0 Å². The molecular formula is C11H12Nb. The molecule has 12 heavy (non-hydrogen) atoms. The number of allylic oxidation sites excluding steroid dienone is 2. The average Bonchev–Trinajstić information content (AvgIpc) is 2.17. The van der Waals surface area contributed by atoms with Gasteiger partial charge in [-0.1, -0.05) is 0 Å². The van der Waals surface area contributed by atoms with E-state index in [0.717, 1.165) is 0 Å². The molecule has 0 bridgehead atoms. The summed E-state index contributed by atoms with van der Waals surface area (Å²) < 4.78 is 1.41. The molecule has 0 heterocycles. The summed E-state index contributed by atoms with van der Waals surface area (Å²) in [6.07, 6.45) is 2.15. The van der Waals surface area contributed by atoms with Crippen LogP contribution in [0, 0.1) is 0 Å². The summed E-state index contributed by atoms with van der Waals surface area (Å²) in [5.74, 6) is 0. The first-order valence-corrected chi connectivity index (χ1v) is 5.10. The van der Waals surface area contributed by atoms with Gasteiger partial charge in [0.15, 0.2) is 0 Å². The molecule has 0 aliphatic carbocycles. The molecule has 0 N–H and O–H groups in total. The molecule has 0 atom stereocenters. The molecule has 0 saturated carbocycles. The van der Waals surface area contributed by atoms with Gasteiger partial charge >= 0.3 is 85.7 Å². The SMILES string of the molecule is C/C=C(/C)[C](=[Nb])c1ccccc1. The van der Waals surface area contributed by atoms with Crippen molar-refractivity contribution in [2.24, 2.45) is 0 Å². The molecule has 0 aliphatic heterocycles. The molecule has 0 spiro atoms. The second kappa shape index (κ2) is 4.56. The van der Waals surface area contributed by atoms with E-state index in [4.69, 9.17) is 0 Å². The second-order valence-corrected chi connectivity index (χ2v) is 3.79. The van der Waals surface area contributed by atoms with Gasteiger partial charge in [0.1, 0.15) is 0 Å². The van der Waals surface area contributed by atoms with Gasteiger partial charge in [0.25, 0.3) is 0 Å². The molecule has 0 unspecified atom stereocenters. The zero-order chi connectivity index (χ0) is 8.97. The number of hydrogen-bond donors (Lipinski definition) is 0. The first kappa shape index (κ1) is 9.66. The van der Waals surface area contributed by atoms with Gasteiger partial charge in [-0.05, 0) is 0 Å². The predicted molar refractivity (Wildman–Crippen MR) is 50.0 cm³/mol. The first-order chi connectivity index (χ1) is 5.75. The second-order valence-electron chi connectivity index (χ2n) is 2.69. The van der Waals surface area contributed by atoms with Gasteiger partial charge in [-0.3, -0.25) is 0 Å². The third-order valence-corrected chi connectivity index (χ3v) is 3.36. The van der Waals surface area contributed by atoms with Crippen LogP contribution in [0.5, 0.6) is 0 Å². The zero-order valence-electron chi connectivity index (χ0n) is 7.41.